The first kappa shape index (κ1) is 17.0. The number of rotatable bonds is 7. The van der Waals surface area contributed by atoms with Gasteiger partial charge in [0.1, 0.15) is 0 Å². The fourth-order valence-electron chi connectivity index (χ4n) is 2.33. The van der Waals surface area contributed by atoms with Crippen LogP contribution in [0, 0.1) is 0 Å². The van der Waals surface area contributed by atoms with Crippen LogP contribution in [0.5, 0.6) is 0 Å². The molecule has 0 bridgehead atoms. The number of benzene rings is 2. The van der Waals surface area contributed by atoms with Crippen LogP contribution in [-0.4, -0.2) is 38.0 Å². The van der Waals surface area contributed by atoms with E-state index < -0.39 is 0 Å². The number of hydrogen-bond acceptors (Lipinski definition) is 3. The molecule has 0 aliphatic carbocycles. The quantitative estimate of drug-likeness (QED) is 0.853. The van der Waals surface area contributed by atoms with E-state index in [1.54, 1.807) is 11.8 Å². The maximum absolute atomic E-state index is 11.8. The summed E-state index contributed by atoms with van der Waals surface area (Å²) in [6.45, 7) is 3.93. The van der Waals surface area contributed by atoms with Crippen molar-refractivity contribution in [3.8, 4) is 0 Å². The van der Waals surface area contributed by atoms with Gasteiger partial charge in [0.25, 0.3) is 0 Å². The van der Waals surface area contributed by atoms with Crippen molar-refractivity contribution in [1.29, 1.82) is 0 Å². The van der Waals surface area contributed by atoms with E-state index >= 15 is 0 Å². The first-order chi connectivity index (χ1) is 11.1. The Morgan fingerprint density at radius 1 is 0.957 bits per heavy atom. The fourth-order valence-corrected chi connectivity index (χ4v) is 2.33. The molecule has 122 valence electrons. The molecule has 1 N–H and O–H groups in total. The number of anilines is 2. The fraction of sp³-hybridized carbons (Fsp3) is 0.316. The molecule has 23 heavy (non-hydrogen) atoms. The predicted molar refractivity (Wildman–Crippen MR) is 96.8 cm³/mol. The van der Waals surface area contributed by atoms with Gasteiger partial charge in [0.05, 0.1) is 0 Å². The summed E-state index contributed by atoms with van der Waals surface area (Å²) in [5, 5.41) is 3.39. The molecule has 0 spiro atoms. The summed E-state index contributed by atoms with van der Waals surface area (Å²) in [5.74, 6) is 0.0665. The van der Waals surface area contributed by atoms with Crippen molar-refractivity contribution in [2.45, 2.75) is 13.5 Å². The topological polar surface area (TPSA) is 35.6 Å². The molecule has 0 heterocycles. The summed E-state index contributed by atoms with van der Waals surface area (Å²) in [6, 6.07) is 18.3. The van der Waals surface area contributed by atoms with Crippen LogP contribution in [0.4, 0.5) is 11.4 Å². The zero-order chi connectivity index (χ0) is 16.7. The third kappa shape index (κ3) is 5.42. The van der Waals surface area contributed by atoms with Gasteiger partial charge in [-0.05, 0) is 43.9 Å². The lowest BCUT2D eigenvalue weighted by Crippen LogP contribution is -2.35. The van der Waals surface area contributed by atoms with Crippen molar-refractivity contribution in [2.75, 3.05) is 37.4 Å². The lowest BCUT2D eigenvalue weighted by atomic mass is 10.2. The molecular weight excluding hydrogens is 286 g/mol. The Kier molecular flexibility index (Phi) is 6.18. The van der Waals surface area contributed by atoms with Gasteiger partial charge in [-0.3, -0.25) is 4.79 Å². The van der Waals surface area contributed by atoms with Crippen LogP contribution < -0.4 is 10.2 Å². The van der Waals surface area contributed by atoms with Crippen molar-refractivity contribution in [3.05, 3.63) is 60.2 Å². The summed E-state index contributed by atoms with van der Waals surface area (Å²) in [7, 11) is 4.02. The molecule has 2 aromatic rings. The van der Waals surface area contributed by atoms with Gasteiger partial charge in [0.15, 0.2) is 0 Å². The molecule has 0 aliphatic rings. The Hall–Kier alpha value is -2.33. The lowest BCUT2D eigenvalue weighted by molar-refractivity contribution is -0.116. The van der Waals surface area contributed by atoms with Crippen LogP contribution in [0.2, 0.25) is 0 Å². The van der Waals surface area contributed by atoms with Crippen LogP contribution in [0.25, 0.3) is 0 Å². The standard InChI is InChI=1S/C19H25N3O/c1-16(23)22(14-13-21(2)3)19-11-9-18(10-12-19)20-15-17-7-5-4-6-8-17/h4-12,20H,13-15H2,1-3H3. The van der Waals surface area contributed by atoms with Crippen molar-refractivity contribution in [2.24, 2.45) is 0 Å². The predicted octanol–water partition coefficient (Wildman–Crippen LogP) is 3.21. The van der Waals surface area contributed by atoms with Crippen LogP contribution >= 0.6 is 0 Å². The van der Waals surface area contributed by atoms with E-state index in [0.717, 1.165) is 24.5 Å². The Morgan fingerprint density at radius 3 is 2.17 bits per heavy atom. The van der Waals surface area contributed by atoms with Gasteiger partial charge >= 0.3 is 0 Å². The summed E-state index contributed by atoms with van der Waals surface area (Å²) < 4.78 is 0. The van der Waals surface area contributed by atoms with Crippen molar-refractivity contribution < 1.29 is 4.79 Å². The minimum atomic E-state index is 0.0665. The number of nitrogens with one attached hydrogen (secondary N) is 1. The number of likely N-dealkylation sites (N-methyl/N-ethyl adjacent to an activating group) is 1. The number of carbonyl (C=O) groups is 1. The summed E-state index contributed by atoms with van der Waals surface area (Å²) in [5.41, 5.74) is 3.23. The molecule has 0 aromatic heterocycles. The van der Waals surface area contributed by atoms with Gasteiger partial charge in [-0.25, -0.2) is 0 Å². The third-order valence-corrected chi connectivity index (χ3v) is 3.67. The van der Waals surface area contributed by atoms with Crippen LogP contribution in [0.15, 0.2) is 54.6 Å². The van der Waals surface area contributed by atoms with E-state index in [-0.39, 0.29) is 5.91 Å². The number of nitrogens with zero attached hydrogens (tertiary/aromatic N) is 2. The monoisotopic (exact) mass is 311 g/mol. The molecule has 0 unspecified atom stereocenters. The maximum atomic E-state index is 11.8. The minimum Gasteiger partial charge on any atom is -0.381 e. The highest BCUT2D eigenvalue weighted by molar-refractivity contribution is 5.91. The molecule has 4 heteroatoms. The van der Waals surface area contributed by atoms with Gasteiger partial charge in [0.2, 0.25) is 5.91 Å². The van der Waals surface area contributed by atoms with Crippen molar-refractivity contribution in [3.63, 3.8) is 0 Å². The van der Waals surface area contributed by atoms with Crippen molar-refractivity contribution >= 4 is 17.3 Å². The number of amides is 1. The zero-order valence-corrected chi connectivity index (χ0v) is 14.1. The molecule has 0 atom stereocenters. The first-order valence-electron chi connectivity index (χ1n) is 7.87. The van der Waals surface area contributed by atoms with Gasteiger partial charge in [-0.15, -0.1) is 0 Å². The highest BCUT2D eigenvalue weighted by Gasteiger charge is 2.11. The molecular formula is C19H25N3O. The summed E-state index contributed by atoms with van der Waals surface area (Å²) in [4.78, 5) is 15.7. The van der Waals surface area contributed by atoms with E-state index in [4.69, 9.17) is 0 Å². The summed E-state index contributed by atoms with van der Waals surface area (Å²) >= 11 is 0. The van der Waals surface area contributed by atoms with E-state index in [1.165, 1.54) is 5.56 Å². The average molecular weight is 311 g/mol. The van der Waals surface area contributed by atoms with Gasteiger partial charge < -0.3 is 15.1 Å². The van der Waals surface area contributed by atoms with Gasteiger partial charge in [-0.1, -0.05) is 30.3 Å². The average Bonchev–Trinajstić information content (AvgIpc) is 2.54. The lowest BCUT2D eigenvalue weighted by Gasteiger charge is -2.23. The molecule has 0 saturated heterocycles. The van der Waals surface area contributed by atoms with Gasteiger partial charge in [0, 0.05) is 37.9 Å². The molecule has 0 fully saturated rings. The van der Waals surface area contributed by atoms with Crippen molar-refractivity contribution in [1.82, 2.24) is 4.90 Å². The number of hydrogen-bond donors (Lipinski definition) is 1. The molecule has 0 radical (unpaired) electrons. The number of carbonyl (C=O) groups excluding carboxylic acids is 1. The summed E-state index contributed by atoms with van der Waals surface area (Å²) in [6.07, 6.45) is 0. The molecule has 1 amide bonds. The highest BCUT2D eigenvalue weighted by Crippen LogP contribution is 2.18. The Morgan fingerprint density at radius 2 is 1.61 bits per heavy atom. The molecule has 0 saturated carbocycles. The van der Waals surface area contributed by atoms with Crippen LogP contribution in [0.1, 0.15) is 12.5 Å². The Balaban J connectivity index is 1.98. The van der Waals surface area contributed by atoms with E-state index in [9.17, 15) is 4.79 Å². The van der Waals surface area contributed by atoms with Crippen LogP contribution in [-0.2, 0) is 11.3 Å². The second kappa shape index (κ2) is 8.34. The molecule has 2 rings (SSSR count). The smallest absolute Gasteiger partial charge is 0.223 e. The molecule has 2 aromatic carbocycles. The largest absolute Gasteiger partial charge is 0.381 e. The molecule has 0 aliphatic heterocycles. The Labute approximate surface area is 138 Å². The highest BCUT2D eigenvalue weighted by atomic mass is 16.2. The normalized spacial score (nSPS) is 10.6. The zero-order valence-electron chi connectivity index (χ0n) is 14.1. The van der Waals surface area contributed by atoms with E-state index in [1.807, 2.05) is 56.6 Å². The van der Waals surface area contributed by atoms with E-state index in [2.05, 4.69) is 22.3 Å². The third-order valence-electron chi connectivity index (χ3n) is 3.67. The Bertz CT molecular complexity index is 608. The second-order valence-corrected chi connectivity index (χ2v) is 5.86. The van der Waals surface area contributed by atoms with Crippen LogP contribution in [0.3, 0.4) is 0 Å². The SMILES string of the molecule is CC(=O)N(CCN(C)C)c1ccc(NCc2ccccc2)cc1. The second-order valence-electron chi connectivity index (χ2n) is 5.86. The maximum Gasteiger partial charge on any atom is 0.223 e. The minimum absolute atomic E-state index is 0.0665. The van der Waals surface area contributed by atoms with Gasteiger partial charge in [-0.2, -0.15) is 0 Å². The first-order valence-corrected chi connectivity index (χ1v) is 7.87. The van der Waals surface area contributed by atoms with E-state index in [0.29, 0.717) is 6.54 Å². The molecule has 4 nitrogen and oxygen atoms in total.